The van der Waals surface area contributed by atoms with Gasteiger partial charge in [-0.05, 0) is 60.9 Å². The van der Waals surface area contributed by atoms with Crippen LogP contribution in [0.5, 0.6) is 17.4 Å². The van der Waals surface area contributed by atoms with Gasteiger partial charge in [0.05, 0.1) is 17.7 Å². The minimum absolute atomic E-state index is 0.285. The zero-order valence-corrected chi connectivity index (χ0v) is 16.3. The topological polar surface area (TPSA) is 60.5 Å². The first-order valence-corrected chi connectivity index (χ1v) is 9.63. The van der Waals surface area contributed by atoms with Crippen LogP contribution in [-0.4, -0.2) is 24.3 Å². The summed E-state index contributed by atoms with van der Waals surface area (Å²) in [6.07, 6.45) is 3.53. The van der Waals surface area contributed by atoms with E-state index in [-0.39, 0.29) is 11.8 Å². The summed E-state index contributed by atoms with van der Waals surface area (Å²) >= 11 is 7.72. The van der Waals surface area contributed by atoms with E-state index in [0.717, 1.165) is 10.6 Å². The summed E-state index contributed by atoms with van der Waals surface area (Å²) in [5.74, 6) is 1.25. The molecule has 0 saturated heterocycles. The Balaban J connectivity index is 1.82. The summed E-state index contributed by atoms with van der Waals surface area (Å²) in [6, 6.07) is 15.9. The predicted octanol–water partition coefficient (Wildman–Crippen LogP) is 5.51. The molecule has 0 saturated carbocycles. The lowest BCUT2D eigenvalue weighted by atomic mass is 10.2. The fraction of sp³-hybridized carbons (Fsp3) is 0.100. The summed E-state index contributed by atoms with van der Waals surface area (Å²) < 4.78 is 10.9. The van der Waals surface area contributed by atoms with Crippen molar-refractivity contribution in [1.82, 2.24) is 4.98 Å². The minimum Gasteiger partial charge on any atom is -0.497 e. The Morgan fingerprint density at radius 2 is 1.85 bits per heavy atom. The number of rotatable bonds is 6. The molecular weight excluding hydrogens is 384 g/mol. The molecule has 0 aliphatic carbocycles. The van der Waals surface area contributed by atoms with Gasteiger partial charge in [-0.1, -0.05) is 11.6 Å². The monoisotopic (exact) mass is 400 g/mol. The van der Waals surface area contributed by atoms with Gasteiger partial charge in [0.2, 0.25) is 5.88 Å². The maximum absolute atomic E-state index is 12.7. The Morgan fingerprint density at radius 1 is 1.11 bits per heavy atom. The van der Waals surface area contributed by atoms with Crippen LogP contribution >= 0.6 is 23.4 Å². The highest BCUT2D eigenvalue weighted by Gasteiger charge is 2.15. The van der Waals surface area contributed by atoms with E-state index in [1.807, 2.05) is 12.3 Å². The van der Waals surface area contributed by atoms with E-state index in [2.05, 4.69) is 10.3 Å². The van der Waals surface area contributed by atoms with Crippen molar-refractivity contribution in [3.63, 3.8) is 0 Å². The zero-order chi connectivity index (χ0) is 19.2. The van der Waals surface area contributed by atoms with Crippen LogP contribution in [-0.2, 0) is 0 Å². The number of anilines is 1. The van der Waals surface area contributed by atoms with E-state index < -0.39 is 0 Å². The number of carbonyl (C=O) groups is 1. The molecule has 3 rings (SSSR count). The molecule has 5 nitrogen and oxygen atoms in total. The molecule has 3 aromatic rings. The maximum Gasteiger partial charge on any atom is 0.257 e. The van der Waals surface area contributed by atoms with Crippen molar-refractivity contribution in [3.05, 3.63) is 71.4 Å². The largest absolute Gasteiger partial charge is 0.497 e. The normalized spacial score (nSPS) is 10.3. The second kappa shape index (κ2) is 8.79. The number of ether oxygens (including phenoxy) is 2. The fourth-order valence-electron chi connectivity index (χ4n) is 2.32. The molecule has 0 fully saturated rings. The Labute approximate surface area is 166 Å². The summed E-state index contributed by atoms with van der Waals surface area (Å²) in [5.41, 5.74) is 0.840. The number of thioether (sulfide) groups is 1. The second-order valence-electron chi connectivity index (χ2n) is 5.43. The highest BCUT2D eigenvalue weighted by atomic mass is 35.5. The van der Waals surface area contributed by atoms with Crippen LogP contribution in [0.1, 0.15) is 10.4 Å². The number of hydrogen-bond acceptors (Lipinski definition) is 5. The lowest BCUT2D eigenvalue weighted by Crippen LogP contribution is -2.13. The highest BCUT2D eigenvalue weighted by Crippen LogP contribution is 2.29. The van der Waals surface area contributed by atoms with Gasteiger partial charge >= 0.3 is 0 Å². The van der Waals surface area contributed by atoms with Gasteiger partial charge in [-0.25, -0.2) is 4.98 Å². The Bertz CT molecular complexity index is 948. The van der Waals surface area contributed by atoms with Crippen LogP contribution in [0.15, 0.2) is 65.7 Å². The number of carbonyl (C=O) groups excluding carboxylic acids is 1. The standard InChI is InChI=1S/C20H17ClN2O3S/c1-25-13-5-7-14(8-6-13)26-20-18(4-3-11-22-20)23-19(24)16-12-15(27-2)9-10-17(16)21/h3-12H,1-2H3,(H,23,24). The fourth-order valence-corrected chi connectivity index (χ4v) is 2.96. The first-order valence-electron chi connectivity index (χ1n) is 8.02. The average Bonchev–Trinajstić information content (AvgIpc) is 2.70. The molecule has 0 bridgehead atoms. The van der Waals surface area contributed by atoms with Crippen LogP contribution in [0.3, 0.4) is 0 Å². The van der Waals surface area contributed by atoms with Crippen molar-refractivity contribution in [2.75, 3.05) is 18.7 Å². The SMILES string of the molecule is COc1ccc(Oc2ncccc2NC(=O)c2cc(SC)ccc2Cl)cc1. The number of hydrogen-bond donors (Lipinski definition) is 1. The van der Waals surface area contributed by atoms with Gasteiger partial charge in [0.25, 0.3) is 5.91 Å². The molecule has 0 aliphatic heterocycles. The Kier molecular flexibility index (Phi) is 6.21. The molecule has 0 aliphatic rings. The van der Waals surface area contributed by atoms with Gasteiger partial charge in [-0.15, -0.1) is 11.8 Å². The van der Waals surface area contributed by atoms with Gasteiger partial charge in [0, 0.05) is 11.1 Å². The van der Waals surface area contributed by atoms with E-state index in [9.17, 15) is 4.79 Å². The summed E-state index contributed by atoms with van der Waals surface area (Å²) in [7, 11) is 1.60. The Morgan fingerprint density at radius 3 is 2.56 bits per heavy atom. The molecule has 1 N–H and O–H groups in total. The number of amides is 1. The third-order valence-corrected chi connectivity index (χ3v) is 4.77. The highest BCUT2D eigenvalue weighted by molar-refractivity contribution is 7.98. The molecule has 1 heterocycles. The smallest absolute Gasteiger partial charge is 0.257 e. The zero-order valence-electron chi connectivity index (χ0n) is 14.7. The molecule has 2 aromatic carbocycles. The second-order valence-corrected chi connectivity index (χ2v) is 6.72. The lowest BCUT2D eigenvalue weighted by Gasteiger charge is -2.12. The van der Waals surface area contributed by atoms with Gasteiger partial charge in [-0.3, -0.25) is 4.79 Å². The van der Waals surface area contributed by atoms with Crippen LogP contribution < -0.4 is 14.8 Å². The summed E-state index contributed by atoms with van der Waals surface area (Å²) in [5, 5.41) is 3.20. The molecule has 0 spiro atoms. The molecule has 138 valence electrons. The summed E-state index contributed by atoms with van der Waals surface area (Å²) in [4.78, 5) is 17.9. The maximum atomic E-state index is 12.7. The molecule has 1 amide bonds. The number of halogens is 1. The van der Waals surface area contributed by atoms with E-state index in [0.29, 0.717) is 22.0 Å². The number of pyridine rings is 1. The number of methoxy groups -OCH3 is 1. The van der Waals surface area contributed by atoms with Gasteiger partial charge in [-0.2, -0.15) is 0 Å². The first kappa shape index (κ1) is 19.1. The molecule has 27 heavy (non-hydrogen) atoms. The van der Waals surface area contributed by atoms with Gasteiger partial charge < -0.3 is 14.8 Å². The van der Waals surface area contributed by atoms with Crippen molar-refractivity contribution in [1.29, 1.82) is 0 Å². The van der Waals surface area contributed by atoms with Crippen LogP contribution in [0.25, 0.3) is 0 Å². The van der Waals surface area contributed by atoms with Crippen LogP contribution in [0, 0.1) is 0 Å². The molecular formula is C20H17ClN2O3S. The minimum atomic E-state index is -0.330. The number of nitrogens with one attached hydrogen (secondary N) is 1. The van der Waals surface area contributed by atoms with Gasteiger partial charge in [0.1, 0.15) is 17.2 Å². The van der Waals surface area contributed by atoms with Crippen molar-refractivity contribution in [2.24, 2.45) is 0 Å². The van der Waals surface area contributed by atoms with E-state index in [4.69, 9.17) is 21.1 Å². The predicted molar refractivity (Wildman–Crippen MR) is 108 cm³/mol. The molecule has 1 aromatic heterocycles. The Hall–Kier alpha value is -2.70. The number of aromatic nitrogens is 1. The lowest BCUT2D eigenvalue weighted by molar-refractivity contribution is 0.102. The molecule has 7 heteroatoms. The van der Waals surface area contributed by atoms with E-state index in [1.54, 1.807) is 61.8 Å². The summed E-state index contributed by atoms with van der Waals surface area (Å²) in [6.45, 7) is 0. The average molecular weight is 401 g/mol. The van der Waals surface area contributed by atoms with Crippen LogP contribution in [0.2, 0.25) is 5.02 Å². The van der Waals surface area contributed by atoms with Crippen molar-refractivity contribution in [2.45, 2.75) is 4.90 Å². The third-order valence-electron chi connectivity index (χ3n) is 3.71. The number of benzene rings is 2. The van der Waals surface area contributed by atoms with E-state index in [1.165, 1.54) is 11.8 Å². The third kappa shape index (κ3) is 4.72. The van der Waals surface area contributed by atoms with Crippen molar-refractivity contribution in [3.8, 4) is 17.4 Å². The van der Waals surface area contributed by atoms with Gasteiger partial charge in [0.15, 0.2) is 0 Å². The van der Waals surface area contributed by atoms with Crippen LogP contribution in [0.4, 0.5) is 5.69 Å². The molecule has 0 unspecified atom stereocenters. The number of nitrogens with zero attached hydrogens (tertiary/aromatic N) is 1. The molecule has 0 radical (unpaired) electrons. The van der Waals surface area contributed by atoms with Crippen molar-refractivity contribution >= 4 is 35.0 Å². The first-order chi connectivity index (χ1) is 13.1. The molecule has 0 atom stereocenters. The van der Waals surface area contributed by atoms with E-state index >= 15 is 0 Å². The quantitative estimate of drug-likeness (QED) is 0.553. The van der Waals surface area contributed by atoms with Crippen molar-refractivity contribution < 1.29 is 14.3 Å².